The average molecular weight is 399 g/mol. The van der Waals surface area contributed by atoms with Crippen molar-refractivity contribution in [2.45, 2.75) is 103 Å². The van der Waals surface area contributed by atoms with Crippen molar-refractivity contribution in [2.75, 3.05) is 13.2 Å². The average Bonchev–Trinajstić information content (AvgIpc) is 2.59. The lowest BCUT2D eigenvalue weighted by Crippen LogP contribution is -2.43. The third-order valence-corrected chi connectivity index (χ3v) is 10.3. The van der Waals surface area contributed by atoms with Crippen molar-refractivity contribution in [3.63, 3.8) is 0 Å². The number of esters is 1. The van der Waals surface area contributed by atoms with Gasteiger partial charge in [0.2, 0.25) is 0 Å². The first kappa shape index (κ1) is 24.4. The molecule has 3 unspecified atom stereocenters. The Morgan fingerprint density at radius 3 is 2.56 bits per heavy atom. The van der Waals surface area contributed by atoms with E-state index in [4.69, 9.17) is 13.9 Å². The molecule has 4 nitrogen and oxygen atoms in total. The zero-order chi connectivity index (χ0) is 20.5. The van der Waals surface area contributed by atoms with Crippen LogP contribution < -0.4 is 0 Å². The maximum Gasteiger partial charge on any atom is 0.311 e. The normalized spacial score (nSPS) is 22.8. The van der Waals surface area contributed by atoms with Gasteiger partial charge in [-0.25, -0.2) is 0 Å². The Labute approximate surface area is 168 Å². The molecular weight excluding hydrogens is 356 g/mol. The van der Waals surface area contributed by atoms with Crippen LogP contribution in [0.1, 0.15) is 73.1 Å². The number of unbranched alkanes of at least 4 members (excludes halogenated alkanes) is 2. The van der Waals surface area contributed by atoms with Gasteiger partial charge in [-0.05, 0) is 44.3 Å². The lowest BCUT2D eigenvalue weighted by Gasteiger charge is -2.39. The van der Waals surface area contributed by atoms with E-state index >= 15 is 0 Å². The summed E-state index contributed by atoms with van der Waals surface area (Å²) >= 11 is 0. The zero-order valence-corrected chi connectivity index (χ0v) is 19.7. The van der Waals surface area contributed by atoms with Gasteiger partial charge < -0.3 is 13.9 Å². The Balaban J connectivity index is 2.86. The summed E-state index contributed by atoms with van der Waals surface area (Å²) in [7, 11) is -1.85. The third kappa shape index (κ3) is 8.08. The van der Waals surface area contributed by atoms with Gasteiger partial charge in [-0.1, -0.05) is 59.1 Å². The Morgan fingerprint density at radius 1 is 1.26 bits per heavy atom. The van der Waals surface area contributed by atoms with Crippen molar-refractivity contribution in [3.8, 4) is 0 Å². The summed E-state index contributed by atoms with van der Waals surface area (Å²) in [5.41, 5.74) is 0. The quantitative estimate of drug-likeness (QED) is 0.200. The van der Waals surface area contributed by atoms with E-state index in [0.29, 0.717) is 13.2 Å². The van der Waals surface area contributed by atoms with E-state index in [1.165, 1.54) is 12.8 Å². The van der Waals surface area contributed by atoms with Crippen LogP contribution in [0.25, 0.3) is 0 Å². The molecule has 5 heteroatoms. The van der Waals surface area contributed by atoms with Crippen LogP contribution in [0.15, 0.2) is 12.2 Å². The summed E-state index contributed by atoms with van der Waals surface area (Å²) in [6.45, 7) is 16.6. The highest BCUT2D eigenvalue weighted by atomic mass is 28.4. The van der Waals surface area contributed by atoms with Crippen LogP contribution in [0.5, 0.6) is 0 Å². The Morgan fingerprint density at radius 2 is 1.96 bits per heavy atom. The van der Waals surface area contributed by atoms with Gasteiger partial charge in [-0.3, -0.25) is 4.79 Å². The predicted octanol–water partition coefficient (Wildman–Crippen LogP) is 5.87. The fourth-order valence-electron chi connectivity index (χ4n) is 3.07. The molecule has 0 spiro atoms. The van der Waals surface area contributed by atoms with Gasteiger partial charge in [-0.15, -0.1) is 0 Å². The van der Waals surface area contributed by atoms with E-state index in [2.05, 4.69) is 52.9 Å². The summed E-state index contributed by atoms with van der Waals surface area (Å²) in [5, 5.41) is 0.179. The third-order valence-electron chi connectivity index (χ3n) is 5.82. The molecule has 1 heterocycles. The van der Waals surface area contributed by atoms with Gasteiger partial charge in [0.1, 0.15) is 0 Å². The lowest BCUT2D eigenvalue weighted by molar-refractivity contribution is -0.155. The number of carbonyl (C=O) groups is 1. The summed E-state index contributed by atoms with van der Waals surface area (Å²) in [6, 6.07) is 0. The molecular formula is C22H42O4Si. The van der Waals surface area contributed by atoms with Crippen LogP contribution in [-0.2, 0) is 18.7 Å². The molecule has 0 N–H and O–H groups in total. The van der Waals surface area contributed by atoms with Crippen LogP contribution in [-0.4, -0.2) is 39.7 Å². The fourth-order valence-corrected chi connectivity index (χ4v) is 4.38. The maximum atomic E-state index is 12.3. The van der Waals surface area contributed by atoms with Gasteiger partial charge in [0.05, 0.1) is 24.7 Å². The second-order valence-corrected chi connectivity index (χ2v) is 13.9. The Hall–Kier alpha value is -0.653. The minimum atomic E-state index is -1.85. The van der Waals surface area contributed by atoms with E-state index < -0.39 is 8.32 Å². The Kier molecular flexibility index (Phi) is 10.3. The van der Waals surface area contributed by atoms with Gasteiger partial charge >= 0.3 is 5.97 Å². The zero-order valence-electron chi connectivity index (χ0n) is 18.7. The monoisotopic (exact) mass is 398 g/mol. The Bertz CT molecular complexity index is 467. The van der Waals surface area contributed by atoms with E-state index in [-0.39, 0.29) is 29.1 Å². The minimum absolute atomic E-state index is 0.0887. The van der Waals surface area contributed by atoms with E-state index in [9.17, 15) is 4.79 Å². The molecule has 1 saturated heterocycles. The molecule has 0 aromatic carbocycles. The van der Waals surface area contributed by atoms with Crippen LogP contribution >= 0.6 is 0 Å². The van der Waals surface area contributed by atoms with Gasteiger partial charge in [0, 0.05) is 6.61 Å². The summed E-state index contributed by atoms with van der Waals surface area (Å²) < 4.78 is 17.8. The maximum absolute atomic E-state index is 12.3. The van der Waals surface area contributed by atoms with Crippen molar-refractivity contribution in [2.24, 2.45) is 5.92 Å². The minimum Gasteiger partial charge on any atom is -0.466 e. The van der Waals surface area contributed by atoms with Gasteiger partial charge in [0.15, 0.2) is 8.32 Å². The molecule has 1 rings (SSSR count). The van der Waals surface area contributed by atoms with Crippen molar-refractivity contribution in [1.29, 1.82) is 0 Å². The van der Waals surface area contributed by atoms with Crippen LogP contribution in [0.2, 0.25) is 18.1 Å². The highest BCUT2D eigenvalue weighted by molar-refractivity contribution is 6.74. The molecule has 0 aromatic rings. The number of carbonyl (C=O) groups excluding carboxylic acids is 1. The predicted molar refractivity (Wildman–Crippen MR) is 114 cm³/mol. The van der Waals surface area contributed by atoms with E-state index in [1.807, 2.05) is 6.92 Å². The summed E-state index contributed by atoms with van der Waals surface area (Å²) in [4.78, 5) is 12.3. The molecule has 1 aliphatic rings. The molecule has 0 saturated carbocycles. The molecule has 0 aromatic heterocycles. The standard InChI is InChI=1S/C22H42O4Si/c1-8-10-11-13-18(26-27(6,7)22(3,4)5)15-16-20-19(14-12-17-25-20)21(23)24-9-2/h15-16,18-20H,8-14,17H2,1-7H3/b16-15+. The van der Waals surface area contributed by atoms with Gasteiger partial charge in [-0.2, -0.15) is 0 Å². The first-order valence-corrected chi connectivity index (χ1v) is 13.7. The van der Waals surface area contributed by atoms with Crippen molar-refractivity contribution >= 4 is 14.3 Å². The second kappa shape index (κ2) is 11.4. The molecule has 27 heavy (non-hydrogen) atoms. The molecule has 0 radical (unpaired) electrons. The first-order valence-electron chi connectivity index (χ1n) is 10.8. The number of rotatable bonds is 10. The molecule has 0 bridgehead atoms. The highest BCUT2D eigenvalue weighted by Crippen LogP contribution is 2.38. The lowest BCUT2D eigenvalue weighted by atomic mass is 9.93. The van der Waals surface area contributed by atoms with Crippen molar-refractivity contribution in [1.82, 2.24) is 0 Å². The number of ether oxygens (including phenoxy) is 2. The summed E-state index contributed by atoms with van der Waals surface area (Å²) in [6.07, 6.45) is 10.4. The van der Waals surface area contributed by atoms with Crippen LogP contribution in [0.4, 0.5) is 0 Å². The molecule has 3 atom stereocenters. The number of hydrogen-bond acceptors (Lipinski definition) is 4. The second-order valence-electron chi connectivity index (χ2n) is 9.13. The fraction of sp³-hybridized carbons (Fsp3) is 0.864. The van der Waals surface area contributed by atoms with Crippen LogP contribution in [0, 0.1) is 5.92 Å². The van der Waals surface area contributed by atoms with Crippen molar-refractivity contribution in [3.05, 3.63) is 12.2 Å². The smallest absolute Gasteiger partial charge is 0.311 e. The van der Waals surface area contributed by atoms with Gasteiger partial charge in [0.25, 0.3) is 0 Å². The van der Waals surface area contributed by atoms with E-state index in [1.54, 1.807) is 0 Å². The van der Waals surface area contributed by atoms with Crippen LogP contribution in [0.3, 0.4) is 0 Å². The molecule has 0 amide bonds. The first-order chi connectivity index (χ1) is 12.6. The molecule has 0 aliphatic carbocycles. The highest BCUT2D eigenvalue weighted by Gasteiger charge is 2.39. The molecule has 1 aliphatic heterocycles. The van der Waals surface area contributed by atoms with E-state index in [0.717, 1.165) is 25.7 Å². The summed E-state index contributed by atoms with van der Waals surface area (Å²) in [5.74, 6) is -0.334. The molecule has 1 fully saturated rings. The molecule has 158 valence electrons. The largest absolute Gasteiger partial charge is 0.466 e. The SMILES string of the molecule is CCCCCC(/C=C/C1OCCCC1C(=O)OCC)O[Si](C)(C)C(C)(C)C. The topological polar surface area (TPSA) is 44.8 Å². The van der Waals surface area contributed by atoms with Crippen molar-refractivity contribution < 1.29 is 18.7 Å². The number of hydrogen-bond donors (Lipinski definition) is 0.